The average Bonchev–Trinajstić information content (AvgIpc) is 3.12. The molecule has 0 aliphatic heterocycles. The van der Waals surface area contributed by atoms with Crippen LogP contribution in [0.15, 0.2) is 128 Å². The summed E-state index contributed by atoms with van der Waals surface area (Å²) in [6.45, 7) is 0. The molecule has 0 N–H and O–H groups in total. The number of halogens is 18. The van der Waals surface area contributed by atoms with Gasteiger partial charge in [0.15, 0.2) is 0 Å². The molecule has 0 saturated heterocycles. The summed E-state index contributed by atoms with van der Waals surface area (Å²) in [5.74, 6) is -39.6. The second-order valence-corrected chi connectivity index (χ2v) is 11.2. The Morgan fingerprint density at radius 3 is 0.554 bits per heavy atom. The molecule has 0 heterocycles. The Bertz CT molecular complexity index is 1910. The van der Waals surface area contributed by atoms with Gasteiger partial charge in [0.2, 0.25) is 0 Å². The van der Waals surface area contributed by atoms with E-state index in [1.165, 1.54) is 48.5 Å². The van der Waals surface area contributed by atoms with Gasteiger partial charge in [-0.25, -0.2) is 0 Å². The first-order chi connectivity index (χ1) is 25.6. The van der Waals surface area contributed by atoms with Gasteiger partial charge in [0.25, 0.3) is 0 Å². The summed E-state index contributed by atoms with van der Waals surface area (Å²) in [5, 5.41) is 22.6. The van der Waals surface area contributed by atoms with Gasteiger partial charge in [-0.15, -0.1) is 0 Å². The molecule has 6 nitrogen and oxygen atoms in total. The monoisotopic (exact) mass is 826 g/mol. The highest BCUT2D eigenvalue weighted by atomic mass is 19.4. The predicted molar refractivity (Wildman–Crippen MR) is 158 cm³/mol. The Morgan fingerprint density at radius 1 is 0.232 bits per heavy atom. The van der Waals surface area contributed by atoms with Crippen molar-refractivity contribution in [2.24, 2.45) is 30.7 Å². The van der Waals surface area contributed by atoms with Crippen LogP contribution in [0, 0.1) is 0 Å². The number of hydrogen-bond acceptors (Lipinski definition) is 6. The van der Waals surface area contributed by atoms with E-state index in [9.17, 15) is 79.0 Å². The first kappa shape index (κ1) is 43.2. The molecule has 0 aromatic heterocycles. The first-order valence-electron chi connectivity index (χ1n) is 14.6. The molecule has 0 unspecified atom stereocenters. The second kappa shape index (κ2) is 14.8. The van der Waals surface area contributed by atoms with E-state index in [4.69, 9.17) is 0 Å². The molecule has 0 aliphatic carbocycles. The standard InChI is InChI=1S/C32H16F18N6/c33-25(34,27(37,38)29(41,42)31(45,46)47)17-1-5-19(6-2-17)51-53-21-9-13-23(14-10-21)55-56-24-15-11-22(12-16-24)54-52-20-7-3-18(4-8-20)26(35,36)28(39,40)30(43,44)32(48,49)50/h1-16H. The fourth-order valence-electron chi connectivity index (χ4n) is 4.11. The van der Waals surface area contributed by atoms with E-state index in [1.807, 2.05) is 0 Å². The van der Waals surface area contributed by atoms with Gasteiger partial charge in [0.05, 0.1) is 34.1 Å². The topological polar surface area (TPSA) is 74.2 Å². The van der Waals surface area contributed by atoms with Crippen molar-refractivity contribution in [2.45, 2.75) is 47.9 Å². The van der Waals surface area contributed by atoms with E-state index in [0.29, 0.717) is 24.3 Å². The lowest BCUT2D eigenvalue weighted by Gasteiger charge is -2.33. The first-order valence-corrected chi connectivity index (χ1v) is 14.6. The van der Waals surface area contributed by atoms with Crippen LogP contribution in [0.2, 0.25) is 0 Å². The average molecular weight is 826 g/mol. The van der Waals surface area contributed by atoms with Gasteiger partial charge in [0, 0.05) is 11.1 Å². The van der Waals surface area contributed by atoms with Crippen molar-refractivity contribution < 1.29 is 79.0 Å². The molecule has 0 fully saturated rings. The normalized spacial score (nSPS) is 14.4. The number of nitrogens with zero attached hydrogens (tertiary/aromatic N) is 6. The molecule has 0 aliphatic rings. The maximum absolute atomic E-state index is 14.1. The van der Waals surface area contributed by atoms with E-state index >= 15 is 0 Å². The van der Waals surface area contributed by atoms with Crippen LogP contribution < -0.4 is 0 Å². The largest absolute Gasteiger partial charge is 0.460 e. The van der Waals surface area contributed by atoms with Crippen LogP contribution in [-0.4, -0.2) is 36.0 Å². The maximum atomic E-state index is 14.1. The van der Waals surface area contributed by atoms with E-state index < -0.39 is 59.0 Å². The van der Waals surface area contributed by atoms with E-state index in [1.54, 1.807) is 0 Å². The zero-order chi connectivity index (χ0) is 42.2. The molecular formula is C32H16F18N6. The molecule has 0 radical (unpaired) electrons. The highest BCUT2D eigenvalue weighted by Gasteiger charge is 2.83. The van der Waals surface area contributed by atoms with Crippen molar-refractivity contribution >= 4 is 34.1 Å². The van der Waals surface area contributed by atoms with Crippen molar-refractivity contribution in [1.29, 1.82) is 0 Å². The molecule has 0 atom stereocenters. The molecule has 0 amide bonds. The molecule has 4 rings (SSSR count). The second-order valence-electron chi connectivity index (χ2n) is 11.2. The van der Waals surface area contributed by atoms with Crippen LogP contribution in [-0.2, 0) is 11.8 Å². The zero-order valence-corrected chi connectivity index (χ0v) is 26.7. The predicted octanol–water partition coefficient (Wildman–Crippen LogP) is 14.8. The molecule has 0 saturated carbocycles. The minimum absolute atomic E-state index is 0.119. The zero-order valence-electron chi connectivity index (χ0n) is 26.7. The Kier molecular flexibility index (Phi) is 11.4. The van der Waals surface area contributed by atoms with Gasteiger partial charge < -0.3 is 0 Å². The Balaban J connectivity index is 1.35. The highest BCUT2D eigenvalue weighted by molar-refractivity contribution is 5.50. The number of alkyl halides is 18. The Morgan fingerprint density at radius 2 is 0.393 bits per heavy atom. The molecule has 4 aromatic rings. The lowest BCUT2D eigenvalue weighted by atomic mass is 9.96. The molecular weight excluding hydrogens is 810 g/mol. The van der Waals surface area contributed by atoms with Crippen molar-refractivity contribution in [3.8, 4) is 0 Å². The third kappa shape index (κ3) is 8.17. The van der Waals surface area contributed by atoms with Crippen LogP contribution >= 0.6 is 0 Å². The quantitative estimate of drug-likeness (QED) is 0.101. The number of benzene rings is 4. The number of rotatable bonds is 12. The van der Waals surface area contributed by atoms with Crippen LogP contribution in [0.4, 0.5) is 113 Å². The van der Waals surface area contributed by atoms with Crippen LogP contribution in [0.5, 0.6) is 0 Å². The maximum Gasteiger partial charge on any atom is 0.460 e. The lowest BCUT2D eigenvalue weighted by molar-refractivity contribution is -0.399. The minimum Gasteiger partial charge on any atom is -0.194 e. The summed E-state index contributed by atoms with van der Waals surface area (Å²) >= 11 is 0. The van der Waals surface area contributed by atoms with Crippen molar-refractivity contribution in [3.63, 3.8) is 0 Å². The van der Waals surface area contributed by atoms with Gasteiger partial charge in [-0.2, -0.15) is 110 Å². The van der Waals surface area contributed by atoms with Gasteiger partial charge in [-0.1, -0.05) is 24.3 Å². The molecule has 4 aromatic carbocycles. The molecule has 24 heteroatoms. The van der Waals surface area contributed by atoms with Crippen molar-refractivity contribution in [2.75, 3.05) is 0 Å². The van der Waals surface area contributed by atoms with Gasteiger partial charge in [-0.05, 0) is 72.8 Å². The number of azo groups is 3. The summed E-state index contributed by atoms with van der Waals surface area (Å²) in [4.78, 5) is 0. The Labute approximate surface area is 300 Å². The third-order valence-corrected chi connectivity index (χ3v) is 7.29. The SMILES string of the molecule is FC(F)(F)C(F)(F)C(F)(F)C(F)(F)c1ccc(N=Nc2ccc(N=Nc3ccc(N=Nc4ccc(C(F)(F)C(F)(F)C(F)(F)C(F)(F)F)cc4)cc3)cc2)cc1. The molecule has 0 bridgehead atoms. The van der Waals surface area contributed by atoms with E-state index in [-0.39, 0.29) is 58.4 Å². The van der Waals surface area contributed by atoms with Crippen LogP contribution in [0.25, 0.3) is 0 Å². The Hall–Kier alpha value is -5.58. The summed E-state index contributed by atoms with van der Waals surface area (Å²) in [7, 11) is 0. The van der Waals surface area contributed by atoms with E-state index in [2.05, 4.69) is 30.7 Å². The molecule has 0 spiro atoms. The third-order valence-electron chi connectivity index (χ3n) is 7.29. The minimum atomic E-state index is -7.05. The highest BCUT2D eigenvalue weighted by Crippen LogP contribution is 2.58. The fraction of sp³-hybridized carbons (Fsp3) is 0.250. The van der Waals surface area contributed by atoms with Crippen molar-refractivity contribution in [1.82, 2.24) is 0 Å². The smallest absolute Gasteiger partial charge is 0.194 e. The molecule has 56 heavy (non-hydrogen) atoms. The number of hydrogen-bond donors (Lipinski definition) is 0. The van der Waals surface area contributed by atoms with Crippen LogP contribution in [0.3, 0.4) is 0 Å². The lowest BCUT2D eigenvalue weighted by Crippen LogP contribution is -2.59. The van der Waals surface area contributed by atoms with E-state index in [0.717, 1.165) is 0 Å². The van der Waals surface area contributed by atoms with Gasteiger partial charge >= 0.3 is 47.9 Å². The summed E-state index contributed by atoms with van der Waals surface area (Å²) < 4.78 is 238. The summed E-state index contributed by atoms with van der Waals surface area (Å²) in [6, 6.07) is 14.0. The van der Waals surface area contributed by atoms with Gasteiger partial charge in [0.1, 0.15) is 0 Å². The summed E-state index contributed by atoms with van der Waals surface area (Å²) in [5.41, 5.74) is -3.52. The van der Waals surface area contributed by atoms with Gasteiger partial charge in [-0.3, -0.25) is 0 Å². The fourth-order valence-corrected chi connectivity index (χ4v) is 4.11. The summed E-state index contributed by atoms with van der Waals surface area (Å²) in [6.07, 6.45) is -13.9. The van der Waals surface area contributed by atoms with Crippen molar-refractivity contribution in [3.05, 3.63) is 108 Å². The molecule has 300 valence electrons. The van der Waals surface area contributed by atoms with Crippen LogP contribution in [0.1, 0.15) is 11.1 Å².